The summed E-state index contributed by atoms with van der Waals surface area (Å²) < 4.78 is 43.7. The van der Waals surface area contributed by atoms with Crippen molar-refractivity contribution in [3.05, 3.63) is 53.7 Å². The van der Waals surface area contributed by atoms with Crippen LogP contribution >= 0.6 is 0 Å². The zero-order valence-electron chi connectivity index (χ0n) is 9.98. The standard InChI is InChI=1S/C13H11F3NO2/c1-9-4-3-7-17(18)12(9)19-11-6-2-5-10(8-11)13(14,15)16/h2-8,18H,1H3/q+1. The van der Waals surface area contributed by atoms with Gasteiger partial charge in [0.15, 0.2) is 0 Å². The molecule has 0 radical (unpaired) electrons. The fourth-order valence-corrected chi connectivity index (χ4v) is 1.56. The molecule has 1 aromatic heterocycles. The average Bonchev–Trinajstić information content (AvgIpc) is 2.33. The minimum Gasteiger partial charge on any atom is -0.402 e. The van der Waals surface area contributed by atoms with Crippen LogP contribution in [0, 0.1) is 6.92 Å². The van der Waals surface area contributed by atoms with Crippen LogP contribution in [0.4, 0.5) is 13.2 Å². The minimum absolute atomic E-state index is 0.00641. The molecule has 0 fully saturated rings. The van der Waals surface area contributed by atoms with Crippen molar-refractivity contribution >= 4 is 0 Å². The SMILES string of the molecule is Cc1ccc[n+](O)c1Oc1cccc(C(F)(F)F)c1. The Balaban J connectivity index is 2.34. The van der Waals surface area contributed by atoms with Crippen molar-refractivity contribution in [1.29, 1.82) is 0 Å². The number of nitrogens with zero attached hydrogens (tertiary/aromatic N) is 1. The molecule has 0 spiro atoms. The van der Waals surface area contributed by atoms with Crippen LogP contribution in [0.2, 0.25) is 0 Å². The van der Waals surface area contributed by atoms with Crippen molar-refractivity contribution in [2.45, 2.75) is 13.1 Å². The van der Waals surface area contributed by atoms with E-state index in [1.165, 1.54) is 18.3 Å². The molecule has 0 bridgehead atoms. The van der Waals surface area contributed by atoms with E-state index in [1.54, 1.807) is 19.1 Å². The number of aryl methyl sites for hydroxylation is 1. The number of aromatic nitrogens is 1. The van der Waals surface area contributed by atoms with Crippen LogP contribution in [0.15, 0.2) is 42.6 Å². The second-order valence-electron chi connectivity index (χ2n) is 3.97. The molecule has 0 aliphatic rings. The van der Waals surface area contributed by atoms with Gasteiger partial charge in [0.25, 0.3) is 0 Å². The van der Waals surface area contributed by atoms with Crippen molar-refractivity contribution in [1.82, 2.24) is 0 Å². The van der Waals surface area contributed by atoms with Crippen LogP contribution < -0.4 is 9.47 Å². The van der Waals surface area contributed by atoms with E-state index in [2.05, 4.69) is 0 Å². The lowest BCUT2D eigenvalue weighted by Crippen LogP contribution is -2.31. The monoisotopic (exact) mass is 270 g/mol. The summed E-state index contributed by atoms with van der Waals surface area (Å²) in [6, 6.07) is 7.74. The Morgan fingerprint density at radius 1 is 1.16 bits per heavy atom. The zero-order chi connectivity index (χ0) is 14.0. The van der Waals surface area contributed by atoms with Crippen molar-refractivity contribution in [3.8, 4) is 11.6 Å². The molecule has 100 valence electrons. The second-order valence-corrected chi connectivity index (χ2v) is 3.97. The highest BCUT2D eigenvalue weighted by Crippen LogP contribution is 2.32. The van der Waals surface area contributed by atoms with E-state index in [4.69, 9.17) is 4.74 Å². The first-order valence-electron chi connectivity index (χ1n) is 5.43. The Kier molecular flexibility index (Phi) is 3.33. The summed E-state index contributed by atoms with van der Waals surface area (Å²) in [6.45, 7) is 1.68. The summed E-state index contributed by atoms with van der Waals surface area (Å²) >= 11 is 0. The number of halogens is 3. The first-order valence-corrected chi connectivity index (χ1v) is 5.43. The summed E-state index contributed by atoms with van der Waals surface area (Å²) in [6.07, 6.45) is -3.10. The highest BCUT2D eigenvalue weighted by atomic mass is 19.4. The fourth-order valence-electron chi connectivity index (χ4n) is 1.56. The van der Waals surface area contributed by atoms with Crippen LogP contribution in [-0.2, 0) is 6.18 Å². The van der Waals surface area contributed by atoms with Gasteiger partial charge in [-0.1, -0.05) is 6.07 Å². The maximum absolute atomic E-state index is 12.6. The van der Waals surface area contributed by atoms with E-state index in [9.17, 15) is 18.4 Å². The molecule has 0 aliphatic carbocycles. The highest BCUT2D eigenvalue weighted by molar-refractivity contribution is 5.33. The number of benzene rings is 1. The summed E-state index contributed by atoms with van der Waals surface area (Å²) in [7, 11) is 0. The molecule has 1 aromatic carbocycles. The molecule has 3 nitrogen and oxygen atoms in total. The van der Waals surface area contributed by atoms with Gasteiger partial charge in [-0.2, -0.15) is 13.2 Å². The van der Waals surface area contributed by atoms with Crippen LogP contribution in [0.3, 0.4) is 0 Å². The largest absolute Gasteiger partial charge is 0.424 e. The van der Waals surface area contributed by atoms with Crippen molar-refractivity contribution in [2.75, 3.05) is 0 Å². The molecule has 6 heteroatoms. The Hall–Kier alpha value is -2.24. The predicted octanol–water partition coefficient (Wildman–Crippen LogP) is 3.33. The maximum Gasteiger partial charge on any atom is 0.424 e. The maximum atomic E-state index is 12.6. The fraction of sp³-hybridized carbons (Fsp3) is 0.154. The van der Waals surface area contributed by atoms with Crippen molar-refractivity contribution in [2.24, 2.45) is 0 Å². The summed E-state index contributed by atoms with van der Waals surface area (Å²) in [5.74, 6) is 0.0775. The van der Waals surface area contributed by atoms with E-state index in [-0.39, 0.29) is 11.6 Å². The van der Waals surface area contributed by atoms with Gasteiger partial charge in [-0.15, -0.1) is 0 Å². The lowest BCUT2D eigenvalue weighted by atomic mass is 10.2. The normalized spacial score (nSPS) is 11.4. The van der Waals surface area contributed by atoms with E-state index in [0.717, 1.165) is 16.9 Å². The minimum atomic E-state index is -4.43. The van der Waals surface area contributed by atoms with E-state index in [0.29, 0.717) is 5.56 Å². The molecule has 0 amide bonds. The summed E-state index contributed by atoms with van der Waals surface area (Å²) in [5, 5.41) is 9.55. The number of alkyl halides is 3. The molecular formula is C13H11F3NO2+. The van der Waals surface area contributed by atoms with Crippen molar-refractivity contribution in [3.63, 3.8) is 0 Å². The summed E-state index contributed by atoms with van der Waals surface area (Å²) in [4.78, 5) is 0. The average molecular weight is 270 g/mol. The first kappa shape index (κ1) is 13.2. The molecule has 1 N–H and O–H groups in total. The molecule has 1 heterocycles. The Bertz CT molecular complexity index is 576. The second kappa shape index (κ2) is 4.79. The van der Waals surface area contributed by atoms with Gasteiger partial charge in [-0.05, 0) is 31.2 Å². The number of hydrogen-bond acceptors (Lipinski definition) is 2. The van der Waals surface area contributed by atoms with Crippen molar-refractivity contribution < 1.29 is 27.8 Å². The van der Waals surface area contributed by atoms with E-state index in [1.807, 2.05) is 0 Å². The number of rotatable bonds is 2. The van der Waals surface area contributed by atoms with Gasteiger partial charge < -0.3 is 4.74 Å². The third-order valence-electron chi connectivity index (χ3n) is 2.49. The van der Waals surface area contributed by atoms with E-state index >= 15 is 0 Å². The molecule has 0 aliphatic heterocycles. The Labute approximate surface area is 107 Å². The highest BCUT2D eigenvalue weighted by Gasteiger charge is 2.31. The molecule has 0 atom stereocenters. The lowest BCUT2D eigenvalue weighted by Gasteiger charge is -2.08. The zero-order valence-corrected chi connectivity index (χ0v) is 9.98. The molecule has 2 rings (SSSR count). The molecular weight excluding hydrogens is 259 g/mol. The lowest BCUT2D eigenvalue weighted by molar-refractivity contribution is -0.906. The molecule has 0 saturated heterocycles. The predicted molar refractivity (Wildman–Crippen MR) is 60.1 cm³/mol. The molecule has 0 unspecified atom stereocenters. The smallest absolute Gasteiger partial charge is 0.402 e. The van der Waals surface area contributed by atoms with Crippen LogP contribution in [0.25, 0.3) is 0 Å². The first-order chi connectivity index (χ1) is 8.88. The third-order valence-corrected chi connectivity index (χ3v) is 2.49. The van der Waals surface area contributed by atoms with Crippen LogP contribution in [0.1, 0.15) is 11.1 Å². The molecule has 2 aromatic rings. The van der Waals surface area contributed by atoms with Gasteiger partial charge in [-0.3, -0.25) is 5.21 Å². The van der Waals surface area contributed by atoms with E-state index < -0.39 is 11.7 Å². The van der Waals surface area contributed by atoms with Crippen LogP contribution in [0.5, 0.6) is 11.6 Å². The van der Waals surface area contributed by atoms with Gasteiger partial charge in [0.2, 0.25) is 6.20 Å². The van der Waals surface area contributed by atoms with Gasteiger partial charge in [0, 0.05) is 10.8 Å². The molecule has 0 saturated carbocycles. The molecule has 19 heavy (non-hydrogen) atoms. The third kappa shape index (κ3) is 2.96. The van der Waals surface area contributed by atoms with Gasteiger partial charge >= 0.3 is 12.1 Å². The number of pyridine rings is 1. The van der Waals surface area contributed by atoms with Crippen LogP contribution in [-0.4, -0.2) is 5.21 Å². The number of hydrogen-bond donors (Lipinski definition) is 1. The summed E-state index contributed by atoms with van der Waals surface area (Å²) in [5.41, 5.74) is -0.203. The topological polar surface area (TPSA) is 33.3 Å². The quantitative estimate of drug-likeness (QED) is 0.670. The Morgan fingerprint density at radius 3 is 2.53 bits per heavy atom. The van der Waals surface area contributed by atoms with Gasteiger partial charge in [-0.25, -0.2) is 0 Å². The van der Waals surface area contributed by atoms with Gasteiger partial charge in [0.1, 0.15) is 5.75 Å². The Morgan fingerprint density at radius 2 is 1.89 bits per heavy atom. The number of ether oxygens (including phenoxy) is 1. The van der Waals surface area contributed by atoms with Gasteiger partial charge in [0.05, 0.1) is 11.1 Å².